The lowest BCUT2D eigenvalue weighted by atomic mass is 10.3. The van der Waals surface area contributed by atoms with Crippen LogP contribution in [0.5, 0.6) is 0 Å². The Kier molecular flexibility index (Phi) is 3.80. The highest BCUT2D eigenvalue weighted by molar-refractivity contribution is 7.89. The lowest BCUT2D eigenvalue weighted by Gasteiger charge is -2.11. The molecule has 1 aliphatic rings. The number of carboxylic acid groups (broad SMARTS) is 1. The number of primary sulfonamides is 1. The van der Waals surface area contributed by atoms with Gasteiger partial charge in [0.15, 0.2) is 5.13 Å². The molecule has 110 valence electrons. The minimum atomic E-state index is -3.80. The van der Waals surface area contributed by atoms with Crippen LogP contribution in [0.4, 0.5) is 5.13 Å². The van der Waals surface area contributed by atoms with Gasteiger partial charge in [-0.3, -0.25) is 9.69 Å². The second-order valence-electron chi connectivity index (χ2n) is 4.35. The fourth-order valence-corrected chi connectivity index (χ4v) is 3.69. The summed E-state index contributed by atoms with van der Waals surface area (Å²) in [5.74, 6) is -1.53. The molecule has 2 heterocycles. The highest BCUT2D eigenvalue weighted by Crippen LogP contribution is 2.31. The summed E-state index contributed by atoms with van der Waals surface area (Å²) in [7, 11) is -3.80. The molecular formula is C10H13N3O5S2. The number of aromatic carboxylic acids is 1. The van der Waals surface area contributed by atoms with Gasteiger partial charge in [-0.2, -0.15) is 0 Å². The number of rotatable bonds is 4. The van der Waals surface area contributed by atoms with Gasteiger partial charge in [0.2, 0.25) is 15.9 Å². The van der Waals surface area contributed by atoms with Gasteiger partial charge >= 0.3 is 5.97 Å². The minimum absolute atomic E-state index is 0.0642. The summed E-state index contributed by atoms with van der Waals surface area (Å²) in [5, 5.41) is 13.3. The van der Waals surface area contributed by atoms with Crippen molar-refractivity contribution in [2.45, 2.75) is 25.0 Å². The minimum Gasteiger partial charge on any atom is -0.477 e. The van der Waals surface area contributed by atoms with Gasteiger partial charge in [0.05, 0.1) is 5.69 Å². The van der Waals surface area contributed by atoms with Crippen LogP contribution in [0, 0.1) is 0 Å². The Balaban J connectivity index is 2.33. The summed E-state index contributed by atoms with van der Waals surface area (Å²) < 4.78 is 22.6. The van der Waals surface area contributed by atoms with Crippen LogP contribution in [0.2, 0.25) is 0 Å². The van der Waals surface area contributed by atoms with E-state index in [0.717, 1.165) is 11.3 Å². The van der Waals surface area contributed by atoms with Crippen molar-refractivity contribution in [2.24, 2.45) is 5.14 Å². The number of carbonyl (C=O) groups excluding carboxylic acids is 1. The molecule has 1 aliphatic heterocycles. The van der Waals surface area contributed by atoms with Gasteiger partial charge in [-0.15, -0.1) is 0 Å². The number of carboxylic acids is 1. The van der Waals surface area contributed by atoms with Crippen LogP contribution in [0.3, 0.4) is 0 Å². The standard InChI is InChI=1S/C10H13N3O5S2/c1-2-6-8(9(15)16)19-10(12-6)13-4-5(3-7(13)14)20(11,17)18/h5H,2-4H2,1H3,(H,15,16)(H2,11,17,18). The molecule has 1 aromatic rings. The Hall–Kier alpha value is -1.52. The number of nitrogens with two attached hydrogens (primary N) is 1. The van der Waals surface area contributed by atoms with Crippen LogP contribution in [0.25, 0.3) is 0 Å². The van der Waals surface area contributed by atoms with Crippen LogP contribution in [0.1, 0.15) is 28.7 Å². The maximum absolute atomic E-state index is 11.8. The average Bonchev–Trinajstić information content (AvgIpc) is 2.90. The van der Waals surface area contributed by atoms with E-state index in [2.05, 4.69) is 4.98 Å². The molecule has 3 N–H and O–H groups in total. The van der Waals surface area contributed by atoms with Crippen molar-refractivity contribution in [1.29, 1.82) is 0 Å². The molecule has 0 aromatic carbocycles. The maximum atomic E-state index is 11.8. The fraction of sp³-hybridized carbons (Fsp3) is 0.500. The second-order valence-corrected chi connectivity index (χ2v) is 7.17. The van der Waals surface area contributed by atoms with E-state index < -0.39 is 27.1 Å². The van der Waals surface area contributed by atoms with Gasteiger partial charge in [0, 0.05) is 13.0 Å². The van der Waals surface area contributed by atoms with Gasteiger partial charge in [-0.25, -0.2) is 23.3 Å². The molecule has 1 unspecified atom stereocenters. The predicted octanol–water partition coefficient (Wildman–Crippen LogP) is -0.202. The molecule has 0 radical (unpaired) electrons. The predicted molar refractivity (Wildman–Crippen MR) is 72.3 cm³/mol. The third-order valence-corrected chi connectivity index (χ3v) is 5.35. The van der Waals surface area contributed by atoms with Gasteiger partial charge in [0.25, 0.3) is 0 Å². The smallest absolute Gasteiger partial charge is 0.347 e. The lowest BCUT2D eigenvalue weighted by Crippen LogP contribution is -2.32. The number of sulfonamides is 1. The molecule has 1 amide bonds. The molecule has 0 saturated carbocycles. The van der Waals surface area contributed by atoms with Crippen molar-refractivity contribution < 1.29 is 23.1 Å². The molecule has 10 heteroatoms. The number of amides is 1. The summed E-state index contributed by atoms with van der Waals surface area (Å²) >= 11 is 0.865. The molecule has 2 rings (SSSR count). The van der Waals surface area contributed by atoms with Gasteiger partial charge < -0.3 is 5.11 Å². The highest BCUT2D eigenvalue weighted by atomic mass is 32.2. The zero-order valence-corrected chi connectivity index (χ0v) is 12.2. The van der Waals surface area contributed by atoms with Gasteiger partial charge in [-0.1, -0.05) is 18.3 Å². The summed E-state index contributed by atoms with van der Waals surface area (Å²) in [6, 6.07) is 0. The zero-order chi connectivity index (χ0) is 15.1. The number of aromatic nitrogens is 1. The third-order valence-electron chi connectivity index (χ3n) is 3.00. The quantitative estimate of drug-likeness (QED) is 0.790. The second kappa shape index (κ2) is 5.11. The van der Waals surface area contributed by atoms with Crippen LogP contribution in [0.15, 0.2) is 0 Å². The monoisotopic (exact) mass is 319 g/mol. The number of thiazole rings is 1. The average molecular weight is 319 g/mol. The molecule has 1 atom stereocenters. The van der Waals surface area contributed by atoms with Crippen molar-refractivity contribution in [3.05, 3.63) is 10.6 Å². The van der Waals surface area contributed by atoms with Crippen LogP contribution < -0.4 is 10.0 Å². The van der Waals surface area contributed by atoms with Gasteiger partial charge in [-0.05, 0) is 6.42 Å². The molecule has 1 saturated heterocycles. The summed E-state index contributed by atoms with van der Waals surface area (Å²) in [4.78, 5) is 28.3. The van der Waals surface area contributed by atoms with E-state index in [0.29, 0.717) is 12.1 Å². The molecule has 8 nitrogen and oxygen atoms in total. The van der Waals surface area contributed by atoms with Crippen molar-refractivity contribution in [2.75, 3.05) is 11.4 Å². The molecule has 1 aromatic heterocycles. The summed E-state index contributed by atoms with van der Waals surface area (Å²) in [5.41, 5.74) is 0.379. The van der Waals surface area contributed by atoms with E-state index in [4.69, 9.17) is 10.2 Å². The Morgan fingerprint density at radius 3 is 2.65 bits per heavy atom. The SMILES string of the molecule is CCc1nc(N2CC(S(N)(=O)=O)CC2=O)sc1C(=O)O. The molecule has 1 fully saturated rings. The van der Waals surface area contributed by atoms with E-state index in [1.165, 1.54) is 4.90 Å². The van der Waals surface area contributed by atoms with Crippen LogP contribution in [-0.4, -0.2) is 42.2 Å². The molecule has 0 aliphatic carbocycles. The van der Waals surface area contributed by atoms with E-state index in [9.17, 15) is 18.0 Å². The van der Waals surface area contributed by atoms with Crippen LogP contribution >= 0.6 is 11.3 Å². The first-order valence-corrected chi connectivity index (χ1v) is 8.21. The largest absolute Gasteiger partial charge is 0.477 e. The Labute approximate surface area is 119 Å². The van der Waals surface area contributed by atoms with Crippen molar-refractivity contribution in [1.82, 2.24) is 4.98 Å². The first-order valence-electron chi connectivity index (χ1n) is 5.79. The highest BCUT2D eigenvalue weighted by Gasteiger charge is 2.39. The first kappa shape index (κ1) is 14.9. The number of hydrogen-bond acceptors (Lipinski definition) is 6. The van der Waals surface area contributed by atoms with E-state index in [-0.39, 0.29) is 23.0 Å². The van der Waals surface area contributed by atoms with E-state index in [1.807, 2.05) is 0 Å². The summed E-state index contributed by atoms with van der Waals surface area (Å²) in [6.45, 7) is 1.66. The number of nitrogens with zero attached hydrogens (tertiary/aromatic N) is 2. The Morgan fingerprint density at radius 2 is 2.25 bits per heavy atom. The van der Waals surface area contributed by atoms with Crippen molar-refractivity contribution >= 4 is 38.4 Å². The normalized spacial score (nSPS) is 19.6. The van der Waals surface area contributed by atoms with Crippen LogP contribution in [-0.2, 0) is 21.2 Å². The topological polar surface area (TPSA) is 131 Å². The summed E-state index contributed by atoms with van der Waals surface area (Å²) in [6.07, 6.45) is 0.209. The lowest BCUT2D eigenvalue weighted by molar-refractivity contribution is -0.117. The van der Waals surface area contributed by atoms with E-state index in [1.54, 1.807) is 6.92 Å². The molecule has 0 bridgehead atoms. The number of hydrogen-bond donors (Lipinski definition) is 2. The van der Waals surface area contributed by atoms with E-state index >= 15 is 0 Å². The molecule has 20 heavy (non-hydrogen) atoms. The first-order chi connectivity index (χ1) is 9.24. The zero-order valence-electron chi connectivity index (χ0n) is 10.6. The third kappa shape index (κ3) is 2.67. The van der Waals surface area contributed by atoms with Gasteiger partial charge in [0.1, 0.15) is 10.1 Å². The Morgan fingerprint density at radius 1 is 1.60 bits per heavy atom. The number of anilines is 1. The fourth-order valence-electron chi connectivity index (χ4n) is 1.94. The maximum Gasteiger partial charge on any atom is 0.347 e. The van der Waals surface area contributed by atoms with Crippen molar-refractivity contribution in [3.63, 3.8) is 0 Å². The molecule has 0 spiro atoms. The number of aryl methyl sites for hydroxylation is 1. The van der Waals surface area contributed by atoms with Crippen molar-refractivity contribution in [3.8, 4) is 0 Å². The Bertz CT molecular complexity index is 666. The number of carbonyl (C=O) groups is 2. The molecular weight excluding hydrogens is 306 g/mol.